The lowest BCUT2D eigenvalue weighted by Crippen LogP contribution is -2.20. The molecule has 2 unspecified atom stereocenters. The summed E-state index contributed by atoms with van der Waals surface area (Å²) in [6.45, 7) is 5.42. The molecule has 0 aromatic carbocycles. The molecule has 0 radical (unpaired) electrons. The Kier molecular flexibility index (Phi) is 3.65. The third kappa shape index (κ3) is 2.68. The lowest BCUT2D eigenvalue weighted by Gasteiger charge is -2.13. The smallest absolute Gasteiger partial charge is 0.315 e. The fourth-order valence-corrected chi connectivity index (χ4v) is 0.998. The van der Waals surface area contributed by atoms with Gasteiger partial charge < -0.3 is 10.5 Å². The van der Waals surface area contributed by atoms with Crippen LogP contribution in [-0.2, 0) is 9.53 Å². The molecule has 1 aromatic heterocycles. The minimum absolute atomic E-state index is 0.110. The monoisotopic (exact) mass is 213 g/mol. The standard InChI is InChI=1S/C9H15N3O3/c1-4-5(2)14-9(13)6(3)7-8(10)12-15-11-7/h5-6H,4H2,1-3H3,(H2,10,12). The average molecular weight is 213 g/mol. The Morgan fingerprint density at radius 2 is 2.20 bits per heavy atom. The van der Waals surface area contributed by atoms with Crippen molar-refractivity contribution in [2.45, 2.75) is 39.2 Å². The van der Waals surface area contributed by atoms with Crippen LogP contribution in [0.4, 0.5) is 5.82 Å². The van der Waals surface area contributed by atoms with Crippen molar-refractivity contribution in [1.29, 1.82) is 0 Å². The van der Waals surface area contributed by atoms with Gasteiger partial charge in [-0.2, -0.15) is 0 Å². The van der Waals surface area contributed by atoms with Crippen LogP contribution in [-0.4, -0.2) is 22.4 Å². The molecule has 0 aliphatic carbocycles. The minimum atomic E-state index is -0.551. The van der Waals surface area contributed by atoms with Gasteiger partial charge in [0.1, 0.15) is 11.6 Å². The molecular weight excluding hydrogens is 198 g/mol. The zero-order valence-corrected chi connectivity index (χ0v) is 9.06. The first-order chi connectivity index (χ1) is 7.06. The highest BCUT2D eigenvalue weighted by molar-refractivity contribution is 5.78. The maximum Gasteiger partial charge on any atom is 0.315 e. The van der Waals surface area contributed by atoms with E-state index >= 15 is 0 Å². The van der Waals surface area contributed by atoms with E-state index in [9.17, 15) is 4.79 Å². The summed E-state index contributed by atoms with van der Waals surface area (Å²) in [5.74, 6) is -0.791. The number of nitrogens with two attached hydrogens (primary N) is 1. The van der Waals surface area contributed by atoms with E-state index in [-0.39, 0.29) is 17.9 Å². The van der Waals surface area contributed by atoms with Gasteiger partial charge in [0.15, 0.2) is 5.82 Å². The van der Waals surface area contributed by atoms with Crippen molar-refractivity contribution >= 4 is 11.8 Å². The molecule has 1 heterocycles. The first-order valence-corrected chi connectivity index (χ1v) is 4.84. The highest BCUT2D eigenvalue weighted by Crippen LogP contribution is 2.20. The molecule has 0 spiro atoms. The van der Waals surface area contributed by atoms with Crippen molar-refractivity contribution in [1.82, 2.24) is 10.3 Å². The molecular formula is C9H15N3O3. The third-order valence-electron chi connectivity index (χ3n) is 2.20. The van der Waals surface area contributed by atoms with Crippen LogP contribution < -0.4 is 5.73 Å². The van der Waals surface area contributed by atoms with Crippen LogP contribution in [0.25, 0.3) is 0 Å². The Morgan fingerprint density at radius 3 is 2.67 bits per heavy atom. The Hall–Kier alpha value is -1.59. The molecule has 0 bridgehead atoms. The summed E-state index contributed by atoms with van der Waals surface area (Å²) in [7, 11) is 0. The largest absolute Gasteiger partial charge is 0.462 e. The molecule has 0 aliphatic heterocycles. The molecule has 6 nitrogen and oxygen atoms in total. The number of nitrogen functional groups attached to an aromatic ring is 1. The Labute approximate surface area is 87.7 Å². The van der Waals surface area contributed by atoms with Gasteiger partial charge in [0.05, 0.1) is 6.10 Å². The number of hydrogen-bond acceptors (Lipinski definition) is 6. The third-order valence-corrected chi connectivity index (χ3v) is 2.20. The van der Waals surface area contributed by atoms with Crippen LogP contribution in [0.5, 0.6) is 0 Å². The lowest BCUT2D eigenvalue weighted by molar-refractivity contribution is -0.149. The highest BCUT2D eigenvalue weighted by atomic mass is 16.6. The van der Waals surface area contributed by atoms with Gasteiger partial charge >= 0.3 is 5.97 Å². The molecule has 2 atom stereocenters. The molecule has 2 N–H and O–H groups in total. The van der Waals surface area contributed by atoms with Gasteiger partial charge in [-0.05, 0) is 25.4 Å². The maximum absolute atomic E-state index is 11.6. The second-order valence-corrected chi connectivity index (χ2v) is 3.41. The van der Waals surface area contributed by atoms with Crippen molar-refractivity contribution in [3.63, 3.8) is 0 Å². The van der Waals surface area contributed by atoms with Gasteiger partial charge in [0.2, 0.25) is 0 Å². The van der Waals surface area contributed by atoms with Crippen molar-refractivity contribution in [3.8, 4) is 0 Å². The second kappa shape index (κ2) is 4.77. The van der Waals surface area contributed by atoms with Gasteiger partial charge in [-0.3, -0.25) is 4.79 Å². The van der Waals surface area contributed by atoms with E-state index in [1.165, 1.54) is 0 Å². The van der Waals surface area contributed by atoms with E-state index in [1.54, 1.807) is 6.92 Å². The van der Waals surface area contributed by atoms with Crippen molar-refractivity contribution in [2.24, 2.45) is 0 Å². The van der Waals surface area contributed by atoms with Crippen LogP contribution >= 0.6 is 0 Å². The van der Waals surface area contributed by atoms with Crippen molar-refractivity contribution < 1.29 is 14.2 Å². The number of carbonyl (C=O) groups is 1. The molecule has 0 aliphatic rings. The van der Waals surface area contributed by atoms with Gasteiger partial charge in [-0.1, -0.05) is 12.1 Å². The van der Waals surface area contributed by atoms with Gasteiger partial charge in [0.25, 0.3) is 0 Å². The minimum Gasteiger partial charge on any atom is -0.462 e. The Balaban J connectivity index is 2.65. The first kappa shape index (κ1) is 11.5. The number of ether oxygens (including phenoxy) is 1. The fourth-order valence-electron chi connectivity index (χ4n) is 0.998. The van der Waals surface area contributed by atoms with Crippen LogP contribution in [0.2, 0.25) is 0 Å². The van der Waals surface area contributed by atoms with E-state index in [0.29, 0.717) is 5.69 Å². The zero-order chi connectivity index (χ0) is 11.4. The highest BCUT2D eigenvalue weighted by Gasteiger charge is 2.24. The lowest BCUT2D eigenvalue weighted by atomic mass is 10.1. The van der Waals surface area contributed by atoms with E-state index < -0.39 is 5.92 Å². The normalized spacial score (nSPS) is 14.6. The average Bonchev–Trinajstić information content (AvgIpc) is 2.63. The molecule has 0 amide bonds. The predicted molar refractivity (Wildman–Crippen MR) is 53.0 cm³/mol. The number of hydrogen-bond donors (Lipinski definition) is 1. The fraction of sp³-hybridized carbons (Fsp3) is 0.667. The molecule has 6 heteroatoms. The van der Waals surface area contributed by atoms with E-state index in [2.05, 4.69) is 14.9 Å². The van der Waals surface area contributed by atoms with E-state index in [0.717, 1.165) is 6.42 Å². The quantitative estimate of drug-likeness (QED) is 0.753. The molecule has 0 fully saturated rings. The van der Waals surface area contributed by atoms with Gasteiger partial charge in [-0.25, -0.2) is 4.63 Å². The van der Waals surface area contributed by atoms with Crippen molar-refractivity contribution in [3.05, 3.63) is 5.69 Å². The van der Waals surface area contributed by atoms with Gasteiger partial charge in [-0.15, -0.1) is 0 Å². The Morgan fingerprint density at radius 1 is 1.53 bits per heavy atom. The topological polar surface area (TPSA) is 91.2 Å². The second-order valence-electron chi connectivity index (χ2n) is 3.41. The zero-order valence-electron chi connectivity index (χ0n) is 9.06. The van der Waals surface area contributed by atoms with Crippen LogP contribution in [0.1, 0.15) is 38.8 Å². The molecule has 0 saturated carbocycles. The SMILES string of the molecule is CCC(C)OC(=O)C(C)c1nonc1N. The molecule has 1 rings (SSSR count). The number of carbonyl (C=O) groups excluding carboxylic acids is 1. The number of rotatable bonds is 4. The molecule has 84 valence electrons. The Bertz CT molecular complexity index is 337. The molecule has 1 aromatic rings. The van der Waals surface area contributed by atoms with Crippen LogP contribution in [0.15, 0.2) is 4.63 Å². The number of nitrogens with zero attached hydrogens (tertiary/aromatic N) is 2. The van der Waals surface area contributed by atoms with Gasteiger partial charge in [0, 0.05) is 0 Å². The summed E-state index contributed by atoms with van der Waals surface area (Å²) in [5.41, 5.74) is 5.79. The van der Waals surface area contributed by atoms with E-state index in [1.807, 2.05) is 13.8 Å². The van der Waals surface area contributed by atoms with E-state index in [4.69, 9.17) is 10.5 Å². The maximum atomic E-state index is 11.6. The number of esters is 1. The first-order valence-electron chi connectivity index (χ1n) is 4.84. The summed E-state index contributed by atoms with van der Waals surface area (Å²) in [6, 6.07) is 0. The van der Waals surface area contributed by atoms with Crippen LogP contribution in [0.3, 0.4) is 0 Å². The number of anilines is 1. The summed E-state index contributed by atoms with van der Waals surface area (Å²) in [5, 5.41) is 6.96. The molecule has 15 heavy (non-hydrogen) atoms. The predicted octanol–water partition coefficient (Wildman–Crippen LogP) is 1.10. The van der Waals surface area contributed by atoms with Crippen LogP contribution in [0, 0.1) is 0 Å². The summed E-state index contributed by atoms with van der Waals surface area (Å²) in [4.78, 5) is 11.6. The summed E-state index contributed by atoms with van der Waals surface area (Å²) >= 11 is 0. The summed E-state index contributed by atoms with van der Waals surface area (Å²) < 4.78 is 9.55. The molecule has 0 saturated heterocycles. The summed E-state index contributed by atoms with van der Waals surface area (Å²) in [6.07, 6.45) is 0.659. The van der Waals surface area contributed by atoms with Crippen molar-refractivity contribution in [2.75, 3.05) is 5.73 Å². The number of aromatic nitrogens is 2.